The summed E-state index contributed by atoms with van der Waals surface area (Å²) in [5.41, 5.74) is 0.575. The van der Waals surface area contributed by atoms with E-state index in [1.807, 2.05) is 30.3 Å². The number of rotatable bonds is 5. The van der Waals surface area contributed by atoms with Crippen LogP contribution in [0.4, 0.5) is 5.69 Å². The molecule has 4 unspecified atom stereocenters. The summed E-state index contributed by atoms with van der Waals surface area (Å²) in [6.07, 6.45) is 2.45. The van der Waals surface area contributed by atoms with Crippen molar-refractivity contribution in [3.05, 3.63) is 66.7 Å². The van der Waals surface area contributed by atoms with Crippen LogP contribution >= 0.6 is 0 Å². The maximum absolute atomic E-state index is 12.6. The van der Waals surface area contributed by atoms with Crippen molar-refractivity contribution < 1.29 is 24.2 Å². The number of carbonyl (C=O) groups is 2. The van der Waals surface area contributed by atoms with Crippen LogP contribution in [0, 0.1) is 11.8 Å². The van der Waals surface area contributed by atoms with Crippen molar-refractivity contribution in [2.75, 3.05) is 5.32 Å². The monoisotopic (exact) mass is 351 g/mol. The van der Waals surface area contributed by atoms with Gasteiger partial charge in [0.15, 0.2) is 0 Å². The lowest BCUT2D eigenvalue weighted by molar-refractivity contribution is -0.145. The zero-order valence-corrected chi connectivity index (χ0v) is 13.7. The van der Waals surface area contributed by atoms with Crippen LogP contribution in [0.2, 0.25) is 0 Å². The van der Waals surface area contributed by atoms with Gasteiger partial charge < -0.3 is 19.9 Å². The van der Waals surface area contributed by atoms with E-state index in [0.717, 1.165) is 5.75 Å². The molecule has 26 heavy (non-hydrogen) atoms. The van der Waals surface area contributed by atoms with Crippen molar-refractivity contribution in [3.63, 3.8) is 0 Å². The highest BCUT2D eigenvalue weighted by molar-refractivity contribution is 5.96. The number of hydrogen-bond acceptors (Lipinski definition) is 4. The van der Waals surface area contributed by atoms with Gasteiger partial charge in [0.25, 0.3) is 0 Å². The number of para-hydroxylation sites is 1. The number of nitrogens with one attached hydrogen (secondary N) is 1. The summed E-state index contributed by atoms with van der Waals surface area (Å²) < 4.78 is 11.2. The first kappa shape index (κ1) is 16.4. The number of fused-ring (bicyclic) bond motifs is 2. The van der Waals surface area contributed by atoms with E-state index in [2.05, 4.69) is 5.32 Å². The summed E-state index contributed by atoms with van der Waals surface area (Å²) in [4.78, 5) is 24.0. The second-order valence-corrected chi connectivity index (χ2v) is 6.27. The molecular formula is C20H17NO5. The fourth-order valence-corrected chi connectivity index (χ4v) is 3.37. The van der Waals surface area contributed by atoms with Crippen LogP contribution in [0.1, 0.15) is 0 Å². The molecule has 0 aliphatic carbocycles. The van der Waals surface area contributed by atoms with Crippen molar-refractivity contribution in [2.24, 2.45) is 11.8 Å². The number of hydrogen-bond donors (Lipinski definition) is 2. The van der Waals surface area contributed by atoms with Crippen molar-refractivity contribution in [1.82, 2.24) is 0 Å². The van der Waals surface area contributed by atoms with Gasteiger partial charge in [-0.05, 0) is 36.4 Å². The molecule has 2 aliphatic rings. The zero-order valence-electron chi connectivity index (χ0n) is 13.7. The van der Waals surface area contributed by atoms with Crippen molar-refractivity contribution >= 4 is 17.6 Å². The largest absolute Gasteiger partial charge is 0.481 e. The molecule has 4 atom stereocenters. The summed E-state index contributed by atoms with van der Waals surface area (Å²) in [6.45, 7) is 0. The molecule has 0 spiro atoms. The Bertz CT molecular complexity index is 846. The second kappa shape index (κ2) is 6.65. The third kappa shape index (κ3) is 3.07. The van der Waals surface area contributed by atoms with Gasteiger partial charge in [-0.3, -0.25) is 9.59 Å². The Kier molecular flexibility index (Phi) is 4.18. The Morgan fingerprint density at radius 1 is 0.885 bits per heavy atom. The third-order valence-electron chi connectivity index (χ3n) is 4.59. The molecule has 0 saturated carbocycles. The van der Waals surface area contributed by atoms with Gasteiger partial charge in [0.2, 0.25) is 5.91 Å². The highest BCUT2D eigenvalue weighted by Crippen LogP contribution is 2.40. The predicted octanol–water partition coefficient (Wildman–Crippen LogP) is 3.07. The molecule has 0 radical (unpaired) electrons. The topological polar surface area (TPSA) is 84.9 Å². The molecule has 0 aromatic heterocycles. The molecule has 1 amide bonds. The van der Waals surface area contributed by atoms with Gasteiger partial charge in [0.1, 0.15) is 17.4 Å². The van der Waals surface area contributed by atoms with Crippen LogP contribution in [-0.4, -0.2) is 29.2 Å². The minimum absolute atomic E-state index is 0.356. The van der Waals surface area contributed by atoms with Gasteiger partial charge in [-0.1, -0.05) is 30.4 Å². The van der Waals surface area contributed by atoms with E-state index in [1.54, 1.807) is 36.4 Å². The quantitative estimate of drug-likeness (QED) is 0.809. The zero-order chi connectivity index (χ0) is 18.1. The number of carboxylic acids is 1. The number of anilines is 1. The lowest BCUT2D eigenvalue weighted by Crippen LogP contribution is -2.39. The average molecular weight is 351 g/mol. The summed E-state index contributed by atoms with van der Waals surface area (Å²) >= 11 is 0. The number of ether oxygens (including phenoxy) is 2. The van der Waals surface area contributed by atoms with E-state index < -0.39 is 30.0 Å². The number of aliphatic carboxylic acids is 1. The number of benzene rings is 2. The molecule has 2 aromatic carbocycles. The summed E-state index contributed by atoms with van der Waals surface area (Å²) in [6, 6.07) is 16.3. The lowest BCUT2D eigenvalue weighted by Gasteiger charge is -2.21. The van der Waals surface area contributed by atoms with E-state index in [0.29, 0.717) is 11.4 Å². The Morgan fingerprint density at radius 2 is 1.50 bits per heavy atom. The first-order valence-electron chi connectivity index (χ1n) is 8.32. The van der Waals surface area contributed by atoms with E-state index in [-0.39, 0.29) is 5.91 Å². The van der Waals surface area contributed by atoms with Crippen LogP contribution in [0.5, 0.6) is 11.5 Å². The maximum Gasteiger partial charge on any atom is 0.310 e. The SMILES string of the molecule is O=C(O)C1C2C=CC(O2)C1C(=O)Nc1ccc(Oc2ccccc2)cc1. The lowest BCUT2D eigenvalue weighted by atomic mass is 9.82. The van der Waals surface area contributed by atoms with Crippen LogP contribution < -0.4 is 10.1 Å². The first-order chi connectivity index (χ1) is 12.6. The Labute approximate surface area is 150 Å². The molecule has 132 valence electrons. The molecule has 2 aliphatic heterocycles. The molecule has 1 fully saturated rings. The summed E-state index contributed by atoms with van der Waals surface area (Å²) in [5.74, 6) is -1.60. The molecule has 2 N–H and O–H groups in total. The average Bonchev–Trinajstić information content (AvgIpc) is 3.25. The normalized spacial score (nSPS) is 25.8. The predicted molar refractivity (Wildman–Crippen MR) is 94.0 cm³/mol. The highest BCUT2D eigenvalue weighted by atomic mass is 16.5. The first-order valence-corrected chi connectivity index (χ1v) is 8.32. The van der Waals surface area contributed by atoms with E-state index >= 15 is 0 Å². The van der Waals surface area contributed by atoms with E-state index in [4.69, 9.17) is 9.47 Å². The molecule has 4 rings (SSSR count). The van der Waals surface area contributed by atoms with Crippen LogP contribution in [-0.2, 0) is 14.3 Å². The Hall–Kier alpha value is -3.12. The summed E-state index contributed by atoms with van der Waals surface area (Å²) in [7, 11) is 0. The molecule has 6 heteroatoms. The van der Waals surface area contributed by atoms with Crippen molar-refractivity contribution in [2.45, 2.75) is 12.2 Å². The molecule has 2 heterocycles. The fourth-order valence-electron chi connectivity index (χ4n) is 3.37. The van der Waals surface area contributed by atoms with Crippen molar-refractivity contribution in [3.8, 4) is 11.5 Å². The Balaban J connectivity index is 1.43. The van der Waals surface area contributed by atoms with Crippen molar-refractivity contribution in [1.29, 1.82) is 0 Å². The van der Waals surface area contributed by atoms with Gasteiger partial charge in [-0.15, -0.1) is 0 Å². The number of carbonyl (C=O) groups excluding carboxylic acids is 1. The number of amides is 1. The van der Waals surface area contributed by atoms with E-state index in [1.165, 1.54) is 0 Å². The molecular weight excluding hydrogens is 334 g/mol. The maximum atomic E-state index is 12.6. The summed E-state index contributed by atoms with van der Waals surface area (Å²) in [5, 5.41) is 12.2. The van der Waals surface area contributed by atoms with Crippen LogP contribution in [0.3, 0.4) is 0 Å². The standard InChI is InChI=1S/C20H17NO5/c22-19(17-15-10-11-16(26-15)18(17)20(23)24)21-12-6-8-14(9-7-12)25-13-4-2-1-3-5-13/h1-11,15-18H,(H,21,22)(H,23,24). The minimum Gasteiger partial charge on any atom is -0.481 e. The van der Waals surface area contributed by atoms with Gasteiger partial charge in [0.05, 0.1) is 18.1 Å². The van der Waals surface area contributed by atoms with Gasteiger partial charge >= 0.3 is 5.97 Å². The highest BCUT2D eigenvalue weighted by Gasteiger charge is 2.53. The molecule has 6 nitrogen and oxygen atoms in total. The molecule has 2 bridgehead atoms. The van der Waals surface area contributed by atoms with E-state index in [9.17, 15) is 14.7 Å². The molecule has 2 aromatic rings. The smallest absolute Gasteiger partial charge is 0.310 e. The molecule has 1 saturated heterocycles. The fraction of sp³-hybridized carbons (Fsp3) is 0.200. The third-order valence-corrected chi connectivity index (χ3v) is 4.59. The van der Waals surface area contributed by atoms with Gasteiger partial charge in [0, 0.05) is 5.69 Å². The number of carboxylic acid groups (broad SMARTS) is 1. The van der Waals surface area contributed by atoms with Gasteiger partial charge in [-0.2, -0.15) is 0 Å². The van der Waals surface area contributed by atoms with Crippen LogP contribution in [0.25, 0.3) is 0 Å². The van der Waals surface area contributed by atoms with Gasteiger partial charge in [-0.25, -0.2) is 0 Å². The Morgan fingerprint density at radius 3 is 2.15 bits per heavy atom. The minimum atomic E-state index is -1.02. The van der Waals surface area contributed by atoms with Crippen LogP contribution in [0.15, 0.2) is 66.7 Å². The second-order valence-electron chi connectivity index (χ2n) is 6.27.